The first-order valence-electron chi connectivity index (χ1n) is 6.91. The number of rotatable bonds is 5. The molecule has 1 saturated carbocycles. The van der Waals surface area contributed by atoms with Gasteiger partial charge in [-0.1, -0.05) is 30.9 Å². The highest BCUT2D eigenvalue weighted by Gasteiger charge is 2.23. The van der Waals surface area contributed by atoms with Crippen molar-refractivity contribution in [3.05, 3.63) is 22.8 Å². The lowest BCUT2D eigenvalue weighted by Crippen LogP contribution is -2.39. The number of carboxylic acids is 1. The Balaban J connectivity index is 2.28. The van der Waals surface area contributed by atoms with Crippen LogP contribution >= 0.6 is 11.6 Å². The number of hydrogen-bond acceptors (Lipinski definition) is 4. The lowest BCUT2D eigenvalue weighted by molar-refractivity contribution is 0.0690. The van der Waals surface area contributed by atoms with E-state index >= 15 is 0 Å². The number of hydrogen-bond donors (Lipinski definition) is 2. The van der Waals surface area contributed by atoms with Crippen molar-refractivity contribution in [3.63, 3.8) is 0 Å². The third-order valence-electron chi connectivity index (χ3n) is 3.68. The number of aromatic carboxylic acids is 1. The molecule has 1 aliphatic rings. The van der Waals surface area contributed by atoms with Gasteiger partial charge in [0.2, 0.25) is 0 Å². The minimum atomic E-state index is -1.13. The molecule has 1 heterocycles. The Morgan fingerprint density at radius 1 is 1.35 bits per heavy atom. The number of nitrogens with zero attached hydrogens (tertiary/aromatic N) is 2. The highest BCUT2D eigenvalue weighted by atomic mass is 35.5. The van der Waals surface area contributed by atoms with E-state index in [1.54, 1.807) is 12.1 Å². The molecule has 5 nitrogen and oxygen atoms in total. The lowest BCUT2D eigenvalue weighted by atomic mass is 9.94. The summed E-state index contributed by atoms with van der Waals surface area (Å²) in [6.07, 6.45) is 5.65. The van der Waals surface area contributed by atoms with Crippen LogP contribution in [-0.2, 0) is 0 Å². The van der Waals surface area contributed by atoms with E-state index in [0.717, 1.165) is 25.7 Å². The molecule has 0 aliphatic heterocycles. The van der Waals surface area contributed by atoms with Gasteiger partial charge in [-0.25, -0.2) is 9.78 Å². The van der Waals surface area contributed by atoms with Gasteiger partial charge in [-0.2, -0.15) is 0 Å². The summed E-state index contributed by atoms with van der Waals surface area (Å²) in [5.74, 6) is -0.558. The van der Waals surface area contributed by atoms with E-state index in [-0.39, 0.29) is 17.3 Å². The summed E-state index contributed by atoms with van der Waals surface area (Å²) in [4.78, 5) is 17.3. The first-order chi connectivity index (χ1) is 9.63. The number of pyridine rings is 1. The molecule has 110 valence electrons. The maximum atomic E-state index is 11.1. The zero-order valence-electron chi connectivity index (χ0n) is 11.3. The number of halogens is 1. The van der Waals surface area contributed by atoms with Crippen LogP contribution in [-0.4, -0.2) is 40.4 Å². The smallest absolute Gasteiger partial charge is 0.356 e. The Morgan fingerprint density at radius 3 is 2.65 bits per heavy atom. The zero-order chi connectivity index (χ0) is 14.5. The average Bonchev–Trinajstić information content (AvgIpc) is 2.46. The largest absolute Gasteiger partial charge is 0.476 e. The third-order valence-corrected chi connectivity index (χ3v) is 3.99. The van der Waals surface area contributed by atoms with Crippen molar-refractivity contribution in [3.8, 4) is 0 Å². The van der Waals surface area contributed by atoms with Crippen LogP contribution in [0.25, 0.3) is 0 Å². The lowest BCUT2D eigenvalue weighted by Gasteiger charge is -2.35. The molecule has 2 N–H and O–H groups in total. The normalized spacial score (nSPS) is 16.1. The van der Waals surface area contributed by atoms with Gasteiger partial charge in [-0.15, -0.1) is 0 Å². The topological polar surface area (TPSA) is 73.7 Å². The average molecular weight is 299 g/mol. The number of carboxylic acid groups (broad SMARTS) is 1. The second kappa shape index (κ2) is 6.90. The number of carbonyl (C=O) groups is 1. The van der Waals surface area contributed by atoms with Gasteiger partial charge in [0.25, 0.3) is 0 Å². The molecule has 1 fully saturated rings. The van der Waals surface area contributed by atoms with Gasteiger partial charge in [0.05, 0.1) is 11.6 Å². The van der Waals surface area contributed by atoms with E-state index in [1.165, 1.54) is 6.42 Å². The van der Waals surface area contributed by atoms with Crippen LogP contribution in [0.3, 0.4) is 0 Å². The minimum Gasteiger partial charge on any atom is -0.476 e. The molecule has 1 aromatic heterocycles. The molecule has 6 heteroatoms. The molecule has 0 aromatic carbocycles. The summed E-state index contributed by atoms with van der Waals surface area (Å²) in [5, 5.41) is 18.5. The molecule has 0 spiro atoms. The molecule has 0 radical (unpaired) electrons. The Labute approximate surface area is 123 Å². The van der Waals surface area contributed by atoms with Crippen LogP contribution in [0.5, 0.6) is 0 Å². The molecule has 0 bridgehead atoms. The maximum Gasteiger partial charge on any atom is 0.356 e. The van der Waals surface area contributed by atoms with E-state index in [2.05, 4.69) is 4.98 Å². The summed E-state index contributed by atoms with van der Waals surface area (Å²) in [6, 6.07) is 3.59. The fraction of sp³-hybridized carbons (Fsp3) is 0.571. The third kappa shape index (κ3) is 3.41. The Hall–Kier alpha value is -1.33. The predicted molar refractivity (Wildman–Crippen MR) is 77.5 cm³/mol. The van der Waals surface area contributed by atoms with Crippen molar-refractivity contribution >= 4 is 23.4 Å². The second-order valence-corrected chi connectivity index (χ2v) is 5.42. The standard InChI is InChI=1S/C14H19ClN2O3/c15-11-6-7-12(16-13(11)14(19)20)17(8-9-18)10-4-2-1-3-5-10/h6-7,10,18H,1-5,8-9H2,(H,19,20). The molecular weight excluding hydrogens is 280 g/mol. The number of aromatic nitrogens is 1. The van der Waals surface area contributed by atoms with Crippen LogP contribution < -0.4 is 4.90 Å². The van der Waals surface area contributed by atoms with Crippen molar-refractivity contribution in [2.75, 3.05) is 18.1 Å². The number of aliphatic hydroxyl groups excluding tert-OH is 1. The summed E-state index contributed by atoms with van der Waals surface area (Å²) in [6.45, 7) is 0.474. The first-order valence-corrected chi connectivity index (χ1v) is 7.28. The molecule has 0 atom stereocenters. The SMILES string of the molecule is O=C(O)c1nc(N(CCO)C2CCCCC2)ccc1Cl. The molecular formula is C14H19ClN2O3. The van der Waals surface area contributed by atoms with Crippen molar-refractivity contribution in [1.82, 2.24) is 4.98 Å². The van der Waals surface area contributed by atoms with Gasteiger partial charge in [0.1, 0.15) is 5.82 Å². The zero-order valence-corrected chi connectivity index (χ0v) is 12.0. The molecule has 1 aromatic rings. The Bertz CT molecular complexity index is 475. The Morgan fingerprint density at radius 2 is 2.05 bits per heavy atom. The minimum absolute atomic E-state index is 0.0171. The summed E-state index contributed by atoms with van der Waals surface area (Å²) in [7, 11) is 0. The highest BCUT2D eigenvalue weighted by molar-refractivity contribution is 6.33. The van der Waals surface area contributed by atoms with Gasteiger partial charge in [-0.05, 0) is 25.0 Å². The van der Waals surface area contributed by atoms with E-state index in [9.17, 15) is 9.90 Å². The van der Waals surface area contributed by atoms with Crippen LogP contribution in [0, 0.1) is 0 Å². The van der Waals surface area contributed by atoms with Gasteiger partial charge < -0.3 is 15.1 Å². The first kappa shape index (κ1) is 15.1. The molecule has 2 rings (SSSR count). The van der Waals surface area contributed by atoms with Gasteiger partial charge in [0, 0.05) is 12.6 Å². The van der Waals surface area contributed by atoms with Crippen molar-refractivity contribution in [2.45, 2.75) is 38.1 Å². The molecule has 0 saturated heterocycles. The van der Waals surface area contributed by atoms with E-state index in [0.29, 0.717) is 18.4 Å². The van der Waals surface area contributed by atoms with Crippen molar-refractivity contribution < 1.29 is 15.0 Å². The van der Waals surface area contributed by atoms with Crippen LogP contribution in [0.1, 0.15) is 42.6 Å². The van der Waals surface area contributed by atoms with Crippen LogP contribution in [0.4, 0.5) is 5.82 Å². The van der Waals surface area contributed by atoms with E-state index in [1.807, 2.05) is 4.90 Å². The summed E-state index contributed by atoms with van der Waals surface area (Å²) >= 11 is 5.85. The van der Waals surface area contributed by atoms with Gasteiger partial charge >= 0.3 is 5.97 Å². The maximum absolute atomic E-state index is 11.1. The number of aliphatic hydroxyl groups is 1. The molecule has 0 unspecified atom stereocenters. The van der Waals surface area contributed by atoms with Gasteiger partial charge in [0.15, 0.2) is 5.69 Å². The molecule has 1 aliphatic carbocycles. The van der Waals surface area contributed by atoms with Crippen LogP contribution in [0.15, 0.2) is 12.1 Å². The fourth-order valence-corrected chi connectivity index (χ4v) is 2.91. The monoisotopic (exact) mass is 298 g/mol. The van der Waals surface area contributed by atoms with Crippen molar-refractivity contribution in [2.24, 2.45) is 0 Å². The quantitative estimate of drug-likeness (QED) is 0.874. The second-order valence-electron chi connectivity index (χ2n) is 5.01. The molecule has 20 heavy (non-hydrogen) atoms. The Kier molecular flexibility index (Phi) is 5.20. The van der Waals surface area contributed by atoms with E-state index in [4.69, 9.17) is 16.7 Å². The fourth-order valence-electron chi connectivity index (χ4n) is 2.73. The number of anilines is 1. The van der Waals surface area contributed by atoms with Crippen molar-refractivity contribution in [1.29, 1.82) is 0 Å². The summed E-state index contributed by atoms with van der Waals surface area (Å²) in [5.41, 5.74) is -0.136. The van der Waals surface area contributed by atoms with Gasteiger partial charge in [-0.3, -0.25) is 0 Å². The van der Waals surface area contributed by atoms with E-state index < -0.39 is 5.97 Å². The summed E-state index contributed by atoms with van der Waals surface area (Å²) < 4.78 is 0. The van der Waals surface area contributed by atoms with Crippen LogP contribution in [0.2, 0.25) is 5.02 Å². The highest BCUT2D eigenvalue weighted by Crippen LogP contribution is 2.27. The molecule has 0 amide bonds. The predicted octanol–water partition coefficient (Wildman–Crippen LogP) is 2.56.